The van der Waals surface area contributed by atoms with E-state index in [1.165, 1.54) is 0 Å². The monoisotopic (exact) mass is 376 g/mol. The highest BCUT2D eigenvalue weighted by atomic mass is 16.5. The molecule has 1 unspecified atom stereocenters. The quantitative estimate of drug-likeness (QED) is 0.552. The van der Waals surface area contributed by atoms with Crippen LogP contribution < -0.4 is 4.74 Å². The lowest BCUT2D eigenvalue weighted by Gasteiger charge is -2.11. The number of aryl methyl sites for hydroxylation is 1. The smallest absolute Gasteiger partial charge is 0.174 e. The van der Waals surface area contributed by atoms with Crippen molar-refractivity contribution in [3.8, 4) is 28.7 Å². The van der Waals surface area contributed by atoms with Crippen LogP contribution in [-0.2, 0) is 0 Å². The third-order valence-electron chi connectivity index (χ3n) is 5.07. The Kier molecular flexibility index (Phi) is 4.43. The fourth-order valence-electron chi connectivity index (χ4n) is 3.62. The predicted molar refractivity (Wildman–Crippen MR) is 104 cm³/mol. The molecule has 5 heteroatoms. The second-order valence-electron chi connectivity index (χ2n) is 7.11. The van der Waals surface area contributed by atoms with Gasteiger partial charge in [-0.05, 0) is 54.7 Å². The molecule has 0 heterocycles. The van der Waals surface area contributed by atoms with Crippen LogP contribution >= 0.6 is 0 Å². The summed E-state index contributed by atoms with van der Waals surface area (Å²) in [6, 6.07) is 17.4. The Morgan fingerprint density at radius 1 is 0.929 bits per heavy atom. The van der Waals surface area contributed by atoms with Gasteiger partial charge in [0.15, 0.2) is 5.78 Å². The molecule has 0 saturated heterocycles. The Labute approximate surface area is 162 Å². The molecule has 3 N–H and O–H groups in total. The average molecular weight is 376 g/mol. The third-order valence-corrected chi connectivity index (χ3v) is 5.07. The number of aromatic hydroxyl groups is 3. The maximum absolute atomic E-state index is 12.7. The van der Waals surface area contributed by atoms with Gasteiger partial charge in [0, 0.05) is 18.1 Å². The van der Waals surface area contributed by atoms with Crippen LogP contribution in [0.5, 0.6) is 28.7 Å². The van der Waals surface area contributed by atoms with Crippen LogP contribution in [0.2, 0.25) is 0 Å². The van der Waals surface area contributed by atoms with Gasteiger partial charge in [0.1, 0.15) is 34.3 Å². The number of phenols is 3. The zero-order valence-electron chi connectivity index (χ0n) is 15.3. The normalized spacial score (nSPS) is 17.9. The van der Waals surface area contributed by atoms with Crippen LogP contribution in [0.25, 0.3) is 0 Å². The second-order valence-corrected chi connectivity index (χ2v) is 7.11. The van der Waals surface area contributed by atoms with Gasteiger partial charge in [0.05, 0.1) is 0 Å². The predicted octanol–water partition coefficient (Wildman–Crippen LogP) is 4.89. The minimum Gasteiger partial charge on any atom is -0.508 e. The van der Waals surface area contributed by atoms with Crippen molar-refractivity contribution in [3.05, 3.63) is 77.4 Å². The molecule has 28 heavy (non-hydrogen) atoms. The summed E-state index contributed by atoms with van der Waals surface area (Å²) in [5, 5.41) is 29.3. The Bertz CT molecular complexity index is 1020. The summed E-state index contributed by atoms with van der Waals surface area (Å²) in [5.41, 5.74) is 1.94. The molecule has 2 atom stereocenters. The molecule has 0 bridgehead atoms. The molecular weight excluding hydrogens is 356 g/mol. The van der Waals surface area contributed by atoms with E-state index < -0.39 is 11.5 Å². The van der Waals surface area contributed by atoms with E-state index in [1.54, 1.807) is 0 Å². The van der Waals surface area contributed by atoms with Crippen molar-refractivity contribution in [2.45, 2.75) is 19.3 Å². The summed E-state index contributed by atoms with van der Waals surface area (Å²) >= 11 is 0. The van der Waals surface area contributed by atoms with Crippen molar-refractivity contribution >= 4 is 5.78 Å². The van der Waals surface area contributed by atoms with Gasteiger partial charge in [-0.3, -0.25) is 4.79 Å². The van der Waals surface area contributed by atoms with Gasteiger partial charge in [-0.1, -0.05) is 24.3 Å². The molecule has 0 aliphatic heterocycles. The Morgan fingerprint density at radius 3 is 2.25 bits per heavy atom. The minimum absolute atomic E-state index is 0.0332. The van der Waals surface area contributed by atoms with Gasteiger partial charge >= 0.3 is 0 Å². The van der Waals surface area contributed by atoms with E-state index in [0.29, 0.717) is 6.42 Å². The third kappa shape index (κ3) is 3.39. The van der Waals surface area contributed by atoms with Crippen LogP contribution in [0.3, 0.4) is 0 Å². The molecule has 1 fully saturated rings. The fraction of sp³-hybridized carbons (Fsp3) is 0.174. The number of benzene rings is 3. The zero-order chi connectivity index (χ0) is 19.8. The van der Waals surface area contributed by atoms with Crippen LogP contribution in [0.4, 0.5) is 0 Å². The maximum Gasteiger partial charge on any atom is 0.174 e. The van der Waals surface area contributed by atoms with Crippen LogP contribution in [0.1, 0.15) is 33.8 Å². The molecule has 1 aliphatic carbocycles. The highest BCUT2D eigenvalue weighted by Crippen LogP contribution is 2.52. The number of hydrogen-bond donors (Lipinski definition) is 3. The number of para-hydroxylation sites is 1. The Hall–Kier alpha value is -3.47. The van der Waals surface area contributed by atoms with E-state index in [1.807, 2.05) is 55.5 Å². The summed E-state index contributed by atoms with van der Waals surface area (Å²) in [4.78, 5) is 12.7. The van der Waals surface area contributed by atoms with E-state index in [9.17, 15) is 20.1 Å². The standard InChI is InChI=1S/C23H20O5/c1-13-9-16(28-15-5-3-2-4-6-15)7-8-17(13)18-12-19(18)23(27)22-20(25)10-14(24)11-21(22)26/h2-11,18-19,24-26H,12H2,1H3/t18-,19?/m1/s1. The van der Waals surface area contributed by atoms with Gasteiger partial charge < -0.3 is 20.1 Å². The van der Waals surface area contributed by atoms with E-state index in [0.717, 1.165) is 34.8 Å². The molecule has 0 radical (unpaired) electrons. The number of hydrogen-bond acceptors (Lipinski definition) is 5. The number of ether oxygens (including phenoxy) is 1. The number of carbonyl (C=O) groups excluding carboxylic acids is 1. The first-order valence-electron chi connectivity index (χ1n) is 9.06. The van der Waals surface area contributed by atoms with Crippen molar-refractivity contribution < 1.29 is 24.9 Å². The Morgan fingerprint density at radius 2 is 1.61 bits per heavy atom. The van der Waals surface area contributed by atoms with Gasteiger partial charge in [0.25, 0.3) is 0 Å². The average Bonchev–Trinajstić information content (AvgIpc) is 3.42. The zero-order valence-corrected chi connectivity index (χ0v) is 15.3. The molecule has 3 aromatic rings. The lowest BCUT2D eigenvalue weighted by molar-refractivity contribution is 0.0959. The SMILES string of the molecule is Cc1cc(Oc2ccccc2)ccc1[C@H]1CC1C(=O)c1c(O)cc(O)cc1O. The molecule has 0 aromatic heterocycles. The van der Waals surface area contributed by atoms with E-state index in [2.05, 4.69) is 0 Å². The summed E-state index contributed by atoms with van der Waals surface area (Å²) in [7, 11) is 0. The van der Waals surface area contributed by atoms with E-state index in [4.69, 9.17) is 4.74 Å². The lowest BCUT2D eigenvalue weighted by atomic mass is 9.98. The first-order valence-corrected chi connectivity index (χ1v) is 9.06. The van der Waals surface area contributed by atoms with Crippen molar-refractivity contribution in [2.75, 3.05) is 0 Å². The van der Waals surface area contributed by atoms with Gasteiger partial charge in [-0.15, -0.1) is 0 Å². The number of Topliss-reactive ketones (excluding diaryl/α,β-unsaturated/α-hetero) is 1. The Balaban J connectivity index is 1.52. The maximum atomic E-state index is 12.7. The van der Waals surface area contributed by atoms with Crippen molar-refractivity contribution in [1.29, 1.82) is 0 Å². The number of ketones is 1. The molecule has 5 nitrogen and oxygen atoms in total. The largest absolute Gasteiger partial charge is 0.508 e. The summed E-state index contributed by atoms with van der Waals surface area (Å²) in [5.74, 6) is -0.204. The van der Waals surface area contributed by atoms with Crippen molar-refractivity contribution in [1.82, 2.24) is 0 Å². The fourth-order valence-corrected chi connectivity index (χ4v) is 3.62. The van der Waals surface area contributed by atoms with Gasteiger partial charge in [-0.2, -0.15) is 0 Å². The molecule has 1 aliphatic rings. The molecule has 0 spiro atoms. The van der Waals surface area contributed by atoms with E-state index >= 15 is 0 Å². The van der Waals surface area contributed by atoms with Crippen LogP contribution in [-0.4, -0.2) is 21.1 Å². The van der Waals surface area contributed by atoms with Crippen LogP contribution in [0, 0.1) is 12.8 Å². The van der Waals surface area contributed by atoms with Crippen LogP contribution in [0.15, 0.2) is 60.7 Å². The number of phenolic OH excluding ortho intramolecular Hbond substituents is 3. The molecule has 3 aromatic carbocycles. The first kappa shape index (κ1) is 17.9. The molecule has 0 amide bonds. The van der Waals surface area contributed by atoms with Gasteiger partial charge in [-0.25, -0.2) is 0 Å². The van der Waals surface area contributed by atoms with Gasteiger partial charge in [0.2, 0.25) is 0 Å². The number of carbonyl (C=O) groups is 1. The minimum atomic E-state index is -0.406. The van der Waals surface area contributed by atoms with E-state index in [-0.39, 0.29) is 28.9 Å². The lowest BCUT2D eigenvalue weighted by Crippen LogP contribution is -2.04. The molecular formula is C23H20O5. The summed E-state index contributed by atoms with van der Waals surface area (Å²) in [6.45, 7) is 1.97. The summed E-state index contributed by atoms with van der Waals surface area (Å²) < 4.78 is 5.84. The highest BCUT2D eigenvalue weighted by Gasteiger charge is 2.46. The van der Waals surface area contributed by atoms with Crippen molar-refractivity contribution in [3.63, 3.8) is 0 Å². The molecule has 4 rings (SSSR count). The second kappa shape index (κ2) is 6.93. The topological polar surface area (TPSA) is 87.0 Å². The summed E-state index contributed by atoms with van der Waals surface area (Å²) in [6.07, 6.45) is 0.651. The first-order chi connectivity index (χ1) is 13.4. The molecule has 142 valence electrons. The molecule has 1 saturated carbocycles. The number of rotatable bonds is 5. The highest BCUT2D eigenvalue weighted by molar-refractivity contribution is 6.05. The van der Waals surface area contributed by atoms with Crippen molar-refractivity contribution in [2.24, 2.45) is 5.92 Å².